The first-order chi connectivity index (χ1) is 29.5. The molecule has 0 spiro atoms. The molecule has 6 heterocycles. The summed E-state index contributed by atoms with van der Waals surface area (Å²) in [7, 11) is 4.02. The molecule has 0 aliphatic carbocycles. The number of fused-ring (bicyclic) bond motifs is 1. The topological polar surface area (TPSA) is 179 Å². The number of aromatic nitrogens is 9. The normalized spacial score (nSPS) is 13.7. The Morgan fingerprint density at radius 3 is 2.10 bits per heavy atom. The van der Waals surface area contributed by atoms with Gasteiger partial charge in [0.1, 0.15) is 24.3 Å². The van der Waals surface area contributed by atoms with Crippen LogP contribution < -0.4 is 16.0 Å². The van der Waals surface area contributed by atoms with E-state index >= 15 is 0 Å². The first kappa shape index (κ1) is 42.6. The molecular weight excluding hydrogens is 821 g/mol. The lowest BCUT2D eigenvalue weighted by atomic mass is 10.0. The van der Waals surface area contributed by atoms with Gasteiger partial charge < -0.3 is 20.9 Å². The fourth-order valence-corrected chi connectivity index (χ4v) is 6.32. The smallest absolute Gasteiger partial charge is 0.366 e. The van der Waals surface area contributed by atoms with E-state index in [2.05, 4.69) is 69.4 Å². The Kier molecular flexibility index (Phi) is 12.1. The van der Waals surface area contributed by atoms with Crippen LogP contribution in [-0.4, -0.2) is 94.4 Å². The number of nitrogens with two attached hydrogens (primary N) is 1. The van der Waals surface area contributed by atoms with Crippen molar-refractivity contribution in [1.29, 1.82) is 0 Å². The molecule has 5 aromatic heterocycles. The number of nitrogens with zero attached hydrogens (tertiary/aromatic N) is 11. The monoisotopic (exact) mass is 855 g/mol. The number of piperazine rings is 1. The number of hydrogen-bond donors (Lipinski definition) is 2. The van der Waals surface area contributed by atoms with Crippen LogP contribution in [0.1, 0.15) is 27.0 Å². The van der Waals surface area contributed by atoms with Crippen molar-refractivity contribution in [3.8, 4) is 22.5 Å². The van der Waals surface area contributed by atoms with Crippen LogP contribution in [0.25, 0.3) is 45.1 Å². The third kappa shape index (κ3) is 10.2. The minimum atomic E-state index is -5.01. The number of pyridine rings is 2. The average molecular weight is 856 g/mol. The average Bonchev–Trinajstić information content (AvgIpc) is 3.92. The molecule has 0 atom stereocenters. The van der Waals surface area contributed by atoms with E-state index in [9.17, 15) is 35.9 Å². The zero-order valence-electron chi connectivity index (χ0n) is 32.8. The molecule has 62 heavy (non-hydrogen) atoms. The van der Waals surface area contributed by atoms with Gasteiger partial charge in [-0.2, -0.15) is 31.4 Å². The van der Waals surface area contributed by atoms with Gasteiger partial charge in [-0.05, 0) is 60.5 Å². The second-order valence-corrected chi connectivity index (χ2v) is 14.1. The van der Waals surface area contributed by atoms with E-state index < -0.39 is 40.8 Å². The van der Waals surface area contributed by atoms with E-state index in [1.165, 1.54) is 18.7 Å². The Morgan fingerprint density at radius 2 is 1.45 bits per heavy atom. The zero-order valence-corrected chi connectivity index (χ0v) is 32.8. The van der Waals surface area contributed by atoms with Crippen molar-refractivity contribution < 1.29 is 35.9 Å². The molecule has 1 saturated heterocycles. The van der Waals surface area contributed by atoms with Gasteiger partial charge in [0.2, 0.25) is 0 Å². The lowest BCUT2D eigenvalue weighted by molar-refractivity contribution is -0.143. The van der Waals surface area contributed by atoms with Gasteiger partial charge in [-0.1, -0.05) is 12.1 Å². The maximum absolute atomic E-state index is 13.0. The molecule has 0 unspecified atom stereocenters. The van der Waals surface area contributed by atoms with Gasteiger partial charge in [0.05, 0.1) is 22.9 Å². The van der Waals surface area contributed by atoms with Crippen molar-refractivity contribution in [2.45, 2.75) is 12.4 Å². The number of benzene rings is 2. The molecule has 15 nitrogen and oxygen atoms in total. The van der Waals surface area contributed by atoms with Crippen LogP contribution in [0.2, 0.25) is 0 Å². The van der Waals surface area contributed by atoms with Crippen molar-refractivity contribution in [2.24, 2.45) is 12.8 Å². The molecule has 2 aromatic carbocycles. The van der Waals surface area contributed by atoms with Gasteiger partial charge in [0.15, 0.2) is 5.82 Å². The van der Waals surface area contributed by atoms with Gasteiger partial charge in [0.25, 0.3) is 11.8 Å². The Morgan fingerprint density at radius 1 is 0.742 bits per heavy atom. The predicted octanol–water partition coefficient (Wildman–Crippen LogP) is 6.29. The van der Waals surface area contributed by atoms with E-state index in [-0.39, 0.29) is 23.1 Å². The molecule has 21 heteroatoms. The summed E-state index contributed by atoms with van der Waals surface area (Å²) in [6.45, 7) is 3.78. The summed E-state index contributed by atoms with van der Waals surface area (Å²) >= 11 is 0. The number of hydrogen-bond acceptors (Lipinski definition) is 11. The molecule has 1 aliphatic rings. The maximum Gasteiger partial charge on any atom is 0.416 e. The maximum atomic E-state index is 13.0. The Bertz CT molecular complexity index is 2730. The standard InChI is InChI=1S/C24H25N7O.C17H10F6N6O/c1-29-7-9-31(10-8-29)23-13-18(5-6-25-23)24(32)28-22-12-20-11-17(3-4-19(20)14-26-22)21-15-27-30(2)16-21;18-16(19,20)11-1-9(2-12(3-11)17(21,22)23)15-27-8-29(28-15)6-13(14(24)30)10-4-25-7-26-5-10/h3-6,11-16H,7-10H2,1-2H3,(H,26,28,32);1-8H,(H2,24,30). The number of anilines is 2. The summed E-state index contributed by atoms with van der Waals surface area (Å²) < 4.78 is 80.8. The molecule has 318 valence electrons. The molecule has 0 saturated carbocycles. The van der Waals surface area contributed by atoms with E-state index in [4.69, 9.17) is 5.73 Å². The zero-order chi connectivity index (χ0) is 44.2. The molecule has 1 aliphatic heterocycles. The van der Waals surface area contributed by atoms with E-state index in [0.717, 1.165) is 71.1 Å². The number of likely N-dealkylation sites (N-methyl/N-ethyl adjacent to an activating group) is 1. The van der Waals surface area contributed by atoms with Gasteiger partial charge in [-0.3, -0.25) is 14.3 Å². The van der Waals surface area contributed by atoms with E-state index in [1.54, 1.807) is 23.1 Å². The van der Waals surface area contributed by atoms with E-state index in [0.29, 0.717) is 23.5 Å². The first-order valence-electron chi connectivity index (χ1n) is 18.6. The number of nitrogens with one attached hydrogen (secondary N) is 1. The number of aryl methyl sites for hydroxylation is 1. The third-order valence-electron chi connectivity index (χ3n) is 9.59. The summed E-state index contributed by atoms with van der Waals surface area (Å²) in [5, 5.41) is 13.0. The quantitative estimate of drug-likeness (QED) is 0.130. The number of alkyl halides is 6. The van der Waals surface area contributed by atoms with Crippen molar-refractivity contribution in [3.63, 3.8) is 0 Å². The number of primary amides is 1. The summed E-state index contributed by atoms with van der Waals surface area (Å²) in [6.07, 6.45) is 3.13. The lowest BCUT2D eigenvalue weighted by Gasteiger charge is -2.33. The number of amides is 2. The van der Waals surface area contributed by atoms with E-state index in [1.807, 2.05) is 37.6 Å². The van der Waals surface area contributed by atoms with Crippen molar-refractivity contribution in [3.05, 3.63) is 127 Å². The second kappa shape index (κ2) is 17.6. The van der Waals surface area contributed by atoms with Crippen LogP contribution >= 0.6 is 0 Å². The van der Waals surface area contributed by atoms with Crippen LogP contribution in [0.5, 0.6) is 0 Å². The molecule has 2 amide bonds. The second-order valence-electron chi connectivity index (χ2n) is 14.1. The molecular formula is C41H35F6N13O2. The molecule has 0 radical (unpaired) electrons. The SMILES string of the molecule is CN1CCN(c2cc(C(=O)Nc3cc4cc(-c5cnn(C)c5)ccc4cn3)ccn2)CC1.NC(=O)C(=Cn1cnc(-c2cc(C(F)(F)F)cc(C(F)(F)F)c2)n1)c1cncnc1. The lowest BCUT2D eigenvalue weighted by Crippen LogP contribution is -2.44. The largest absolute Gasteiger partial charge is 0.416 e. The Labute approximate surface area is 348 Å². The van der Waals surface area contributed by atoms with Gasteiger partial charge >= 0.3 is 12.4 Å². The minimum Gasteiger partial charge on any atom is -0.366 e. The minimum absolute atomic E-state index is 0.000986. The molecule has 7 aromatic rings. The van der Waals surface area contributed by atoms with Crippen molar-refractivity contribution in [2.75, 3.05) is 43.4 Å². The number of rotatable bonds is 8. The van der Waals surface area contributed by atoms with Crippen LogP contribution in [0.3, 0.4) is 0 Å². The fourth-order valence-electron chi connectivity index (χ4n) is 6.32. The van der Waals surface area contributed by atoms with Crippen LogP contribution in [0, 0.1) is 0 Å². The van der Waals surface area contributed by atoms with Crippen molar-refractivity contribution >= 4 is 46.0 Å². The summed E-state index contributed by atoms with van der Waals surface area (Å²) in [5.41, 5.74) is 4.59. The number of carbonyl (C=O) groups is 2. The summed E-state index contributed by atoms with van der Waals surface area (Å²) in [6, 6.07) is 12.6. The fraction of sp³-hybridized carbons (Fsp3) is 0.195. The van der Waals surface area contributed by atoms with Gasteiger partial charge in [-0.15, -0.1) is 5.10 Å². The highest BCUT2D eigenvalue weighted by Gasteiger charge is 2.37. The summed E-state index contributed by atoms with van der Waals surface area (Å²) in [5.74, 6) is -0.156. The predicted molar refractivity (Wildman–Crippen MR) is 217 cm³/mol. The van der Waals surface area contributed by atoms with Crippen LogP contribution in [0.15, 0.2) is 104 Å². The van der Waals surface area contributed by atoms with Crippen molar-refractivity contribution in [1.82, 2.24) is 49.4 Å². The Balaban J connectivity index is 0.000000187. The highest BCUT2D eigenvalue weighted by atomic mass is 19.4. The van der Waals surface area contributed by atoms with Crippen LogP contribution in [0.4, 0.5) is 38.0 Å². The molecule has 0 bridgehead atoms. The van der Waals surface area contributed by atoms with Gasteiger partial charge in [0, 0.05) is 98.1 Å². The summed E-state index contributed by atoms with van der Waals surface area (Å²) in [4.78, 5) is 49.2. The highest BCUT2D eigenvalue weighted by molar-refractivity contribution is 6.22. The molecule has 8 rings (SSSR count). The first-order valence-corrected chi connectivity index (χ1v) is 18.6. The van der Waals surface area contributed by atoms with Gasteiger partial charge in [-0.25, -0.2) is 29.6 Å². The number of carbonyl (C=O) groups excluding carboxylic acids is 2. The molecule has 1 fully saturated rings. The molecule has 3 N–H and O–H groups in total. The highest BCUT2D eigenvalue weighted by Crippen LogP contribution is 2.38. The van der Waals surface area contributed by atoms with Crippen LogP contribution in [-0.2, 0) is 24.2 Å². The number of halogens is 6. The Hall–Kier alpha value is -7.55. The third-order valence-corrected chi connectivity index (χ3v) is 9.59.